The first-order valence-electron chi connectivity index (χ1n) is 5.72. The topological polar surface area (TPSA) is 15.8 Å². The lowest BCUT2D eigenvalue weighted by molar-refractivity contribution is 1.29. The Hall–Kier alpha value is -1.73. The highest BCUT2D eigenvalue weighted by molar-refractivity contribution is 6.33. The molecule has 0 radical (unpaired) electrons. The fraction of sp³-hybridized carbons (Fsp3) is 0.0667. The molecule has 1 aromatic heterocycles. The Balaban J connectivity index is 2.13. The number of benzene rings is 2. The molecule has 0 amide bonds. The molecule has 1 aliphatic rings. The Morgan fingerprint density at radius 3 is 2.82 bits per heavy atom. The van der Waals surface area contributed by atoms with Crippen molar-refractivity contribution in [1.29, 1.82) is 0 Å². The highest BCUT2D eigenvalue weighted by atomic mass is 35.5. The molecule has 17 heavy (non-hydrogen) atoms. The first-order valence-corrected chi connectivity index (χ1v) is 6.10. The minimum Gasteiger partial charge on any atom is -0.354 e. The van der Waals surface area contributed by atoms with Gasteiger partial charge in [-0.05, 0) is 23.3 Å². The van der Waals surface area contributed by atoms with E-state index in [0.29, 0.717) is 0 Å². The molecule has 2 aromatic carbocycles. The van der Waals surface area contributed by atoms with E-state index in [2.05, 4.69) is 35.3 Å². The molecule has 0 saturated heterocycles. The van der Waals surface area contributed by atoms with Crippen LogP contribution in [-0.4, -0.2) is 4.98 Å². The number of nitrogens with one attached hydrogen (secondary N) is 1. The van der Waals surface area contributed by atoms with Gasteiger partial charge >= 0.3 is 0 Å². The van der Waals surface area contributed by atoms with Crippen LogP contribution in [0.2, 0.25) is 5.02 Å². The first-order chi connectivity index (χ1) is 8.34. The van der Waals surface area contributed by atoms with Crippen LogP contribution < -0.4 is 0 Å². The second kappa shape index (κ2) is 3.14. The maximum atomic E-state index is 6.30. The number of para-hydroxylation sites is 1. The molecular formula is C15H10ClN. The fourth-order valence-corrected chi connectivity index (χ4v) is 3.07. The number of halogens is 1. The van der Waals surface area contributed by atoms with Crippen LogP contribution in [0.1, 0.15) is 11.1 Å². The molecule has 2 heteroatoms. The summed E-state index contributed by atoms with van der Waals surface area (Å²) in [4.78, 5) is 3.49. The normalized spacial score (nSPS) is 12.8. The number of hydrogen-bond acceptors (Lipinski definition) is 0. The fourth-order valence-electron chi connectivity index (χ4n) is 2.78. The monoisotopic (exact) mass is 239 g/mol. The van der Waals surface area contributed by atoms with Crippen LogP contribution in [0.5, 0.6) is 0 Å². The molecule has 0 saturated carbocycles. The summed E-state index contributed by atoms with van der Waals surface area (Å²) in [5.74, 6) is 0. The molecule has 0 spiro atoms. The zero-order valence-electron chi connectivity index (χ0n) is 9.13. The molecule has 1 N–H and O–H groups in total. The third-order valence-electron chi connectivity index (χ3n) is 3.53. The maximum Gasteiger partial charge on any atom is 0.0518 e. The predicted molar refractivity (Wildman–Crippen MR) is 71.6 cm³/mol. The van der Waals surface area contributed by atoms with Gasteiger partial charge in [-0.3, -0.25) is 0 Å². The number of rotatable bonds is 0. The number of hydrogen-bond donors (Lipinski definition) is 1. The summed E-state index contributed by atoms with van der Waals surface area (Å²) in [5.41, 5.74) is 6.28. The number of aromatic nitrogens is 1. The zero-order chi connectivity index (χ0) is 11.4. The number of fused-ring (bicyclic) bond motifs is 5. The Kier molecular flexibility index (Phi) is 1.72. The quantitative estimate of drug-likeness (QED) is 0.468. The largest absolute Gasteiger partial charge is 0.354 e. The van der Waals surface area contributed by atoms with E-state index >= 15 is 0 Å². The molecule has 3 aromatic rings. The van der Waals surface area contributed by atoms with E-state index in [4.69, 9.17) is 11.6 Å². The van der Waals surface area contributed by atoms with Crippen molar-refractivity contribution >= 4 is 22.5 Å². The smallest absolute Gasteiger partial charge is 0.0518 e. The first kappa shape index (κ1) is 9.32. The van der Waals surface area contributed by atoms with Gasteiger partial charge in [0.05, 0.1) is 10.7 Å². The van der Waals surface area contributed by atoms with E-state index in [1.807, 2.05) is 12.1 Å². The SMILES string of the molecule is Clc1cccc2c1-c1[nH]c3ccccc3c1C2. The molecule has 1 aliphatic carbocycles. The summed E-state index contributed by atoms with van der Waals surface area (Å²) in [6, 6.07) is 14.6. The average molecular weight is 240 g/mol. The van der Waals surface area contributed by atoms with Crippen LogP contribution in [-0.2, 0) is 6.42 Å². The molecule has 1 nitrogen and oxygen atoms in total. The standard InChI is InChI=1S/C15H10ClN/c16-12-6-3-4-9-8-11-10-5-1-2-7-13(10)17-15(11)14(9)12/h1-7,17H,8H2. The summed E-state index contributed by atoms with van der Waals surface area (Å²) in [6.07, 6.45) is 0.981. The molecule has 0 atom stereocenters. The Labute approximate surface area is 104 Å². The van der Waals surface area contributed by atoms with Crippen molar-refractivity contribution in [2.75, 3.05) is 0 Å². The van der Waals surface area contributed by atoms with Crippen LogP contribution in [0.25, 0.3) is 22.2 Å². The van der Waals surface area contributed by atoms with Crippen molar-refractivity contribution in [2.24, 2.45) is 0 Å². The summed E-state index contributed by atoms with van der Waals surface area (Å²) in [5, 5.41) is 2.16. The van der Waals surface area contributed by atoms with E-state index in [1.54, 1.807) is 0 Å². The Morgan fingerprint density at radius 1 is 1.00 bits per heavy atom. The summed E-state index contributed by atoms with van der Waals surface area (Å²) in [7, 11) is 0. The zero-order valence-corrected chi connectivity index (χ0v) is 9.88. The molecule has 0 unspecified atom stereocenters. The van der Waals surface area contributed by atoms with Gasteiger partial charge in [-0.1, -0.05) is 41.9 Å². The van der Waals surface area contributed by atoms with Crippen molar-refractivity contribution in [3.63, 3.8) is 0 Å². The van der Waals surface area contributed by atoms with Crippen LogP contribution in [0.15, 0.2) is 42.5 Å². The van der Waals surface area contributed by atoms with Gasteiger partial charge in [0.15, 0.2) is 0 Å². The maximum absolute atomic E-state index is 6.30. The minimum absolute atomic E-state index is 0.841. The molecular weight excluding hydrogens is 230 g/mol. The van der Waals surface area contributed by atoms with Gasteiger partial charge < -0.3 is 4.98 Å². The van der Waals surface area contributed by atoms with Gasteiger partial charge in [-0.25, -0.2) is 0 Å². The molecule has 1 heterocycles. The average Bonchev–Trinajstić information content (AvgIpc) is 2.85. The molecule has 0 bridgehead atoms. The van der Waals surface area contributed by atoms with Crippen molar-refractivity contribution in [2.45, 2.75) is 6.42 Å². The van der Waals surface area contributed by atoms with Crippen molar-refractivity contribution < 1.29 is 0 Å². The van der Waals surface area contributed by atoms with Gasteiger partial charge in [0.1, 0.15) is 0 Å². The van der Waals surface area contributed by atoms with E-state index < -0.39 is 0 Å². The van der Waals surface area contributed by atoms with Gasteiger partial charge in [0.2, 0.25) is 0 Å². The van der Waals surface area contributed by atoms with Crippen LogP contribution in [0, 0.1) is 0 Å². The molecule has 82 valence electrons. The predicted octanol–water partition coefficient (Wildman–Crippen LogP) is 4.39. The van der Waals surface area contributed by atoms with Crippen LogP contribution in [0.4, 0.5) is 0 Å². The van der Waals surface area contributed by atoms with Crippen LogP contribution >= 0.6 is 11.6 Å². The number of H-pyrrole nitrogens is 1. The summed E-state index contributed by atoms with van der Waals surface area (Å²) < 4.78 is 0. The van der Waals surface area contributed by atoms with E-state index in [1.165, 1.54) is 33.3 Å². The van der Waals surface area contributed by atoms with Gasteiger partial charge in [-0.2, -0.15) is 0 Å². The molecule has 4 rings (SSSR count). The third kappa shape index (κ3) is 1.15. The Bertz CT molecular complexity index is 740. The van der Waals surface area contributed by atoms with Gasteiger partial charge in [0, 0.05) is 22.9 Å². The second-order valence-electron chi connectivity index (χ2n) is 4.47. The third-order valence-corrected chi connectivity index (χ3v) is 3.85. The lowest BCUT2D eigenvalue weighted by Crippen LogP contribution is -1.82. The molecule has 0 aliphatic heterocycles. The summed E-state index contributed by atoms with van der Waals surface area (Å²) >= 11 is 6.30. The number of aromatic amines is 1. The van der Waals surface area contributed by atoms with Crippen molar-refractivity contribution in [1.82, 2.24) is 4.98 Å². The summed E-state index contributed by atoms with van der Waals surface area (Å²) in [6.45, 7) is 0. The van der Waals surface area contributed by atoms with E-state index in [0.717, 1.165) is 11.4 Å². The van der Waals surface area contributed by atoms with Gasteiger partial charge in [0.25, 0.3) is 0 Å². The van der Waals surface area contributed by atoms with Crippen LogP contribution in [0.3, 0.4) is 0 Å². The van der Waals surface area contributed by atoms with Crippen molar-refractivity contribution in [3.8, 4) is 11.3 Å². The second-order valence-corrected chi connectivity index (χ2v) is 4.88. The minimum atomic E-state index is 0.841. The van der Waals surface area contributed by atoms with E-state index in [9.17, 15) is 0 Å². The van der Waals surface area contributed by atoms with E-state index in [-0.39, 0.29) is 0 Å². The highest BCUT2D eigenvalue weighted by Crippen LogP contribution is 2.43. The van der Waals surface area contributed by atoms with Gasteiger partial charge in [-0.15, -0.1) is 0 Å². The lowest BCUT2D eigenvalue weighted by Gasteiger charge is -2.01. The molecule has 0 fully saturated rings. The Morgan fingerprint density at radius 2 is 1.88 bits per heavy atom. The lowest BCUT2D eigenvalue weighted by atomic mass is 10.1. The highest BCUT2D eigenvalue weighted by Gasteiger charge is 2.24. The van der Waals surface area contributed by atoms with Crippen molar-refractivity contribution in [3.05, 3.63) is 58.6 Å².